The van der Waals surface area contributed by atoms with Crippen LogP contribution in [-0.2, 0) is 9.63 Å². The molecule has 1 saturated carbocycles. The molecule has 1 fully saturated rings. The number of fused-ring (bicyclic) bond motifs is 1. The van der Waals surface area contributed by atoms with Crippen molar-refractivity contribution in [1.29, 1.82) is 0 Å². The molecule has 0 unspecified atom stereocenters. The lowest BCUT2D eigenvalue weighted by Gasteiger charge is -2.28. The van der Waals surface area contributed by atoms with Crippen LogP contribution in [0.15, 0.2) is 24.3 Å². The van der Waals surface area contributed by atoms with Gasteiger partial charge in [-0.2, -0.15) is 0 Å². The van der Waals surface area contributed by atoms with Gasteiger partial charge in [0.15, 0.2) is 0 Å². The van der Waals surface area contributed by atoms with Crippen molar-refractivity contribution in [3.05, 3.63) is 35.4 Å². The molecule has 0 aromatic heterocycles. The average Bonchev–Trinajstić information content (AvgIpc) is 3.15. The molecule has 8 nitrogen and oxygen atoms in total. The summed E-state index contributed by atoms with van der Waals surface area (Å²) < 4.78 is 0. The Hall–Kier alpha value is -2.90. The quantitative estimate of drug-likeness (QED) is 0.804. The van der Waals surface area contributed by atoms with Gasteiger partial charge in [-0.05, 0) is 25.0 Å². The van der Waals surface area contributed by atoms with Crippen LogP contribution in [0.1, 0.15) is 46.4 Å². The van der Waals surface area contributed by atoms with Gasteiger partial charge < -0.3 is 15.5 Å². The molecule has 24 heavy (non-hydrogen) atoms. The van der Waals surface area contributed by atoms with Crippen molar-refractivity contribution in [1.82, 2.24) is 15.7 Å². The van der Waals surface area contributed by atoms with Crippen molar-refractivity contribution in [2.75, 3.05) is 7.05 Å². The van der Waals surface area contributed by atoms with Crippen LogP contribution < -0.4 is 10.6 Å². The molecule has 2 aliphatic rings. The van der Waals surface area contributed by atoms with Gasteiger partial charge in [-0.1, -0.05) is 30.0 Å². The minimum absolute atomic E-state index is 0.190. The third kappa shape index (κ3) is 2.49. The van der Waals surface area contributed by atoms with Crippen molar-refractivity contribution in [2.45, 2.75) is 31.2 Å². The largest absolute Gasteiger partial charge is 0.358 e. The molecule has 1 aliphatic heterocycles. The fourth-order valence-corrected chi connectivity index (χ4v) is 3.06. The van der Waals surface area contributed by atoms with Gasteiger partial charge in [0.2, 0.25) is 0 Å². The summed E-state index contributed by atoms with van der Waals surface area (Å²) in [5.74, 6) is -2.17. The van der Waals surface area contributed by atoms with Gasteiger partial charge in [-0.3, -0.25) is 9.59 Å². The first kappa shape index (κ1) is 16.0. The second-order valence-corrected chi connectivity index (χ2v) is 5.82. The minimum atomic E-state index is -1.23. The van der Waals surface area contributed by atoms with E-state index in [-0.39, 0.29) is 11.1 Å². The summed E-state index contributed by atoms with van der Waals surface area (Å²) >= 11 is 0. The van der Waals surface area contributed by atoms with Crippen molar-refractivity contribution in [2.24, 2.45) is 0 Å². The zero-order valence-corrected chi connectivity index (χ0v) is 13.1. The Morgan fingerprint density at radius 3 is 2.12 bits per heavy atom. The number of rotatable bonds is 3. The molecular formula is C16H17N3O5. The van der Waals surface area contributed by atoms with Crippen LogP contribution in [0.4, 0.5) is 4.79 Å². The summed E-state index contributed by atoms with van der Waals surface area (Å²) in [6.07, 6.45) is 2.26. The lowest BCUT2D eigenvalue weighted by Crippen LogP contribution is -2.57. The van der Waals surface area contributed by atoms with Gasteiger partial charge in [-0.25, -0.2) is 9.59 Å². The molecule has 4 amide bonds. The lowest BCUT2D eigenvalue weighted by molar-refractivity contribution is -0.176. The summed E-state index contributed by atoms with van der Waals surface area (Å²) in [4.78, 5) is 53.9. The zero-order valence-electron chi connectivity index (χ0n) is 13.1. The molecule has 0 spiro atoms. The Labute approximate surface area is 138 Å². The Bertz CT molecular complexity index is 689. The predicted molar refractivity (Wildman–Crippen MR) is 81.8 cm³/mol. The second-order valence-electron chi connectivity index (χ2n) is 5.82. The van der Waals surface area contributed by atoms with Crippen LogP contribution in [0, 0.1) is 0 Å². The van der Waals surface area contributed by atoms with Crippen LogP contribution in [0.5, 0.6) is 0 Å². The van der Waals surface area contributed by atoms with Gasteiger partial charge in [0.25, 0.3) is 11.8 Å². The Kier molecular flexibility index (Phi) is 3.96. The molecule has 1 aromatic carbocycles. The molecule has 2 N–H and O–H groups in total. The maximum atomic E-state index is 12.6. The lowest BCUT2D eigenvalue weighted by atomic mass is 9.98. The molecule has 0 atom stereocenters. The van der Waals surface area contributed by atoms with E-state index >= 15 is 0 Å². The summed E-state index contributed by atoms with van der Waals surface area (Å²) in [6, 6.07) is 5.73. The first-order valence-electron chi connectivity index (χ1n) is 7.68. The van der Waals surface area contributed by atoms with E-state index in [1.54, 1.807) is 12.1 Å². The van der Waals surface area contributed by atoms with Gasteiger partial charge in [0.1, 0.15) is 5.54 Å². The number of urea groups is 1. The van der Waals surface area contributed by atoms with Crippen molar-refractivity contribution < 1.29 is 24.0 Å². The van der Waals surface area contributed by atoms with Crippen LogP contribution >= 0.6 is 0 Å². The number of benzene rings is 1. The number of nitrogens with one attached hydrogen (secondary N) is 2. The SMILES string of the molecule is CNC(=O)NC1(C(=O)ON2C(=O)c3ccccc3C2=O)CCCC1. The minimum Gasteiger partial charge on any atom is -0.341 e. The fourth-order valence-electron chi connectivity index (χ4n) is 3.06. The normalized spacial score (nSPS) is 18.3. The van der Waals surface area contributed by atoms with Crippen LogP contribution in [0.25, 0.3) is 0 Å². The molecule has 0 radical (unpaired) electrons. The number of imide groups is 1. The van der Waals surface area contributed by atoms with E-state index in [1.807, 2.05) is 0 Å². The highest BCUT2D eigenvalue weighted by molar-refractivity contribution is 6.21. The highest BCUT2D eigenvalue weighted by Gasteiger charge is 2.48. The summed E-state index contributed by atoms with van der Waals surface area (Å²) in [7, 11) is 1.44. The molecule has 1 aromatic rings. The van der Waals surface area contributed by atoms with Crippen molar-refractivity contribution in [3.8, 4) is 0 Å². The predicted octanol–water partition coefficient (Wildman–Crippen LogP) is 0.983. The third-order valence-electron chi connectivity index (χ3n) is 4.36. The number of hydrogen-bond acceptors (Lipinski definition) is 5. The highest BCUT2D eigenvalue weighted by Crippen LogP contribution is 2.32. The third-order valence-corrected chi connectivity index (χ3v) is 4.36. The molecule has 126 valence electrons. The number of nitrogens with zero attached hydrogens (tertiary/aromatic N) is 1. The average molecular weight is 331 g/mol. The van der Waals surface area contributed by atoms with Crippen LogP contribution in [0.2, 0.25) is 0 Å². The van der Waals surface area contributed by atoms with E-state index in [4.69, 9.17) is 4.84 Å². The number of carbonyl (C=O) groups is 4. The van der Waals surface area contributed by atoms with E-state index in [0.29, 0.717) is 17.9 Å². The van der Waals surface area contributed by atoms with E-state index in [1.165, 1.54) is 19.2 Å². The highest BCUT2D eigenvalue weighted by atomic mass is 16.7. The molecule has 1 aliphatic carbocycles. The molecule has 1 heterocycles. The second kappa shape index (κ2) is 5.95. The first-order chi connectivity index (χ1) is 11.5. The van der Waals surface area contributed by atoms with E-state index in [2.05, 4.69) is 10.6 Å². The maximum Gasteiger partial charge on any atom is 0.358 e. The van der Waals surface area contributed by atoms with Crippen LogP contribution in [0.3, 0.4) is 0 Å². The Balaban J connectivity index is 1.80. The summed E-state index contributed by atoms with van der Waals surface area (Å²) in [5.41, 5.74) is -0.847. The summed E-state index contributed by atoms with van der Waals surface area (Å²) in [5, 5.41) is 5.46. The first-order valence-corrected chi connectivity index (χ1v) is 7.68. The molecule has 0 bridgehead atoms. The van der Waals surface area contributed by atoms with Crippen molar-refractivity contribution >= 4 is 23.8 Å². The summed E-state index contributed by atoms with van der Waals surface area (Å²) in [6.45, 7) is 0. The van der Waals surface area contributed by atoms with Gasteiger partial charge in [0.05, 0.1) is 11.1 Å². The molecule has 0 saturated heterocycles. The molecular weight excluding hydrogens is 314 g/mol. The number of amides is 4. The smallest absolute Gasteiger partial charge is 0.341 e. The van der Waals surface area contributed by atoms with E-state index < -0.39 is 29.4 Å². The molecule has 8 heteroatoms. The number of carbonyl (C=O) groups excluding carboxylic acids is 4. The van der Waals surface area contributed by atoms with Gasteiger partial charge in [-0.15, -0.1) is 0 Å². The fraction of sp³-hybridized carbons (Fsp3) is 0.375. The monoisotopic (exact) mass is 331 g/mol. The topological polar surface area (TPSA) is 105 Å². The molecule has 3 rings (SSSR count). The van der Waals surface area contributed by atoms with Gasteiger partial charge >= 0.3 is 12.0 Å². The number of hydrogen-bond donors (Lipinski definition) is 2. The van der Waals surface area contributed by atoms with Crippen LogP contribution in [-0.4, -0.2) is 41.5 Å². The maximum absolute atomic E-state index is 12.6. The van der Waals surface area contributed by atoms with E-state index in [0.717, 1.165) is 12.8 Å². The number of hydroxylamine groups is 2. The van der Waals surface area contributed by atoms with Crippen molar-refractivity contribution in [3.63, 3.8) is 0 Å². The Morgan fingerprint density at radius 1 is 1.08 bits per heavy atom. The Morgan fingerprint density at radius 2 is 1.62 bits per heavy atom. The zero-order chi connectivity index (χ0) is 17.3. The van der Waals surface area contributed by atoms with Gasteiger partial charge in [0, 0.05) is 7.05 Å². The standard InChI is InChI=1S/C16H17N3O5/c1-17-15(23)18-16(8-4-5-9-16)14(22)24-19-12(20)10-6-2-3-7-11(10)13(19)21/h2-3,6-7H,4-5,8-9H2,1H3,(H2,17,18,23). The van der Waals surface area contributed by atoms with E-state index in [9.17, 15) is 19.2 Å².